The average molecular weight is 897 g/mol. The van der Waals surface area contributed by atoms with E-state index in [1.165, 1.54) is 17.1 Å². The fourth-order valence-corrected chi connectivity index (χ4v) is 7.69. The van der Waals surface area contributed by atoms with Crippen molar-refractivity contribution >= 4 is 59.2 Å². The van der Waals surface area contributed by atoms with Gasteiger partial charge in [0.2, 0.25) is 23.6 Å². The van der Waals surface area contributed by atoms with Crippen molar-refractivity contribution in [2.24, 2.45) is 0 Å². The zero-order valence-corrected chi connectivity index (χ0v) is 35.3. The summed E-state index contributed by atoms with van der Waals surface area (Å²) in [7, 11) is 1.17. The minimum absolute atomic E-state index is 0.0101. The van der Waals surface area contributed by atoms with Gasteiger partial charge >= 0.3 is 11.9 Å². The summed E-state index contributed by atoms with van der Waals surface area (Å²) in [6, 6.07) is 13.6. The molecule has 4 aliphatic heterocycles. The number of aliphatic carboxylic acids is 1. The van der Waals surface area contributed by atoms with Crippen molar-refractivity contribution in [2.75, 3.05) is 20.2 Å². The lowest BCUT2D eigenvalue weighted by Crippen LogP contribution is -2.64. The van der Waals surface area contributed by atoms with Gasteiger partial charge in [-0.1, -0.05) is 36.4 Å². The number of carbonyl (C=O) groups excluding carboxylic acids is 9. The first-order valence-electron chi connectivity index (χ1n) is 20.8. The van der Waals surface area contributed by atoms with Crippen molar-refractivity contribution in [3.05, 3.63) is 71.8 Å². The molecule has 2 aromatic rings. The maximum atomic E-state index is 13.4. The number of benzene rings is 2. The van der Waals surface area contributed by atoms with Crippen molar-refractivity contribution in [3.8, 4) is 12.1 Å². The summed E-state index contributed by atoms with van der Waals surface area (Å²) in [6.45, 7) is 0.502. The molecule has 0 bridgehead atoms. The summed E-state index contributed by atoms with van der Waals surface area (Å²) in [4.78, 5) is 125. The molecule has 6 rings (SSSR count). The number of hydrazine groups is 2. The van der Waals surface area contributed by atoms with Crippen LogP contribution in [-0.4, -0.2) is 141 Å². The Hall–Kier alpha value is -7.88. The molecule has 0 spiro atoms. The molecule has 0 radical (unpaired) electrons. The average Bonchev–Trinajstić information content (AvgIpc) is 3.51. The minimum atomic E-state index is -1.28. The molecule has 22 heteroatoms. The van der Waals surface area contributed by atoms with Crippen LogP contribution in [0.4, 0.5) is 0 Å². The zero-order chi connectivity index (χ0) is 47.2. The number of nitrogens with zero attached hydrogens (tertiary/aromatic N) is 6. The number of methoxy groups -OCH3 is 1. The van der Waals surface area contributed by atoms with Crippen LogP contribution in [0.15, 0.2) is 60.7 Å². The first-order valence-corrected chi connectivity index (χ1v) is 20.8. The molecule has 4 saturated heterocycles. The second-order valence-corrected chi connectivity index (χ2v) is 15.3. The number of esters is 1. The van der Waals surface area contributed by atoms with E-state index in [1.54, 1.807) is 66.7 Å². The Morgan fingerprint density at radius 3 is 1.43 bits per heavy atom. The molecule has 5 N–H and O–H groups in total. The maximum absolute atomic E-state index is 13.4. The lowest BCUT2D eigenvalue weighted by Gasteiger charge is -2.43. The molecule has 4 fully saturated rings. The fraction of sp³-hybridized carbons (Fsp3) is 0.442. The standard InChI is InChI=1S/C22H25N5O6.C21H23N5O6/c1-33-19(29)12-15(13-23)24-21(31)17-8-5-11-26-18(28)10-9-16(22(32)27(17)26)25-20(30)14-6-3-2-4-7-14;22-12-14(11-18(28)29)23-20(31)16-7-4-10-25-17(27)9-8-15(21(32)26(16)25)24-19(30)13-5-2-1-3-6-13/h2-4,6-7,15-17H,5,8-12H2,1H3,(H,24,31)(H,25,30);1-3,5-6,14-16H,4,7-11H2,(H,23,31)(H,24,30)(H,28,29)/t15-,16-,17-;14-,15-,16-/m00/s1. The number of carboxylic acid groups (broad SMARTS) is 1. The molecular formula is C43H48N10O12. The molecule has 4 heterocycles. The third-order valence-corrected chi connectivity index (χ3v) is 10.9. The number of nitriles is 2. The van der Waals surface area contributed by atoms with Crippen molar-refractivity contribution in [1.29, 1.82) is 10.5 Å². The molecule has 4 aliphatic rings. The Labute approximate surface area is 372 Å². The molecule has 342 valence electrons. The van der Waals surface area contributed by atoms with E-state index in [1.807, 2.05) is 6.07 Å². The normalized spacial score (nSPS) is 21.4. The highest BCUT2D eigenvalue weighted by atomic mass is 16.5. The first-order chi connectivity index (χ1) is 31.2. The molecular weight excluding hydrogens is 849 g/mol. The quantitative estimate of drug-likeness (QED) is 0.171. The predicted octanol–water partition coefficient (Wildman–Crippen LogP) is -0.319. The SMILES string of the molecule is COC(=O)C[C@@H](C#N)NC(=O)[C@@H]1CCCN2C(=O)CC[C@H](NC(=O)c3ccccc3)C(=O)N12.N#C[C@H](CC(=O)O)NC(=O)[C@@H]1CCCN2C(=O)CC[C@H](NC(=O)c3ccccc3)C(=O)N12. The first kappa shape index (κ1) is 48.2. The van der Waals surface area contributed by atoms with Crippen LogP contribution >= 0.6 is 0 Å². The summed E-state index contributed by atoms with van der Waals surface area (Å²) < 4.78 is 4.53. The van der Waals surface area contributed by atoms with Gasteiger partial charge in [0.1, 0.15) is 36.3 Å². The van der Waals surface area contributed by atoms with Gasteiger partial charge in [-0.3, -0.25) is 58.0 Å². The zero-order valence-electron chi connectivity index (χ0n) is 35.3. The van der Waals surface area contributed by atoms with Crippen molar-refractivity contribution in [1.82, 2.24) is 41.3 Å². The molecule has 0 unspecified atom stereocenters. The minimum Gasteiger partial charge on any atom is -0.481 e. The molecule has 8 amide bonds. The number of rotatable bonds is 12. The van der Waals surface area contributed by atoms with E-state index >= 15 is 0 Å². The largest absolute Gasteiger partial charge is 0.481 e. The Bertz CT molecular complexity index is 2250. The smallest absolute Gasteiger partial charge is 0.308 e. The number of carboxylic acids is 1. The summed E-state index contributed by atoms with van der Waals surface area (Å²) in [5, 5.41) is 42.0. The third-order valence-electron chi connectivity index (χ3n) is 10.9. The summed E-state index contributed by atoms with van der Waals surface area (Å²) in [6.07, 6.45) is 0.684. The number of fused-ring (bicyclic) bond motifs is 2. The molecule has 0 aromatic heterocycles. The van der Waals surface area contributed by atoms with Gasteiger partial charge in [0.15, 0.2) is 0 Å². The van der Waals surface area contributed by atoms with Gasteiger partial charge < -0.3 is 31.1 Å². The number of hydrogen-bond acceptors (Lipinski definition) is 13. The highest BCUT2D eigenvalue weighted by molar-refractivity contribution is 6.01. The van der Waals surface area contributed by atoms with Crippen molar-refractivity contribution in [2.45, 2.75) is 100 Å². The summed E-state index contributed by atoms with van der Waals surface area (Å²) >= 11 is 0. The molecule has 0 aliphatic carbocycles. The van der Waals surface area contributed by atoms with Crippen LogP contribution in [0, 0.1) is 22.7 Å². The van der Waals surface area contributed by atoms with Crippen LogP contribution in [0.3, 0.4) is 0 Å². The van der Waals surface area contributed by atoms with Crippen molar-refractivity contribution in [3.63, 3.8) is 0 Å². The van der Waals surface area contributed by atoms with E-state index in [0.29, 0.717) is 24.0 Å². The Balaban J connectivity index is 0.000000244. The van der Waals surface area contributed by atoms with Crippen LogP contribution in [0.1, 0.15) is 84.9 Å². The van der Waals surface area contributed by atoms with E-state index < -0.39 is 90.1 Å². The number of ether oxygens (including phenoxy) is 1. The highest BCUT2D eigenvalue weighted by Gasteiger charge is 2.46. The van der Waals surface area contributed by atoms with Gasteiger partial charge in [-0.2, -0.15) is 10.5 Å². The Kier molecular flexibility index (Phi) is 16.6. The van der Waals surface area contributed by atoms with Gasteiger partial charge in [-0.05, 0) is 62.8 Å². The third kappa shape index (κ3) is 12.2. The number of hydrogen-bond donors (Lipinski definition) is 5. The van der Waals surface area contributed by atoms with Crippen LogP contribution in [0.2, 0.25) is 0 Å². The lowest BCUT2D eigenvalue weighted by atomic mass is 10.0. The molecule has 22 nitrogen and oxygen atoms in total. The van der Waals surface area contributed by atoms with Crippen LogP contribution in [-0.2, 0) is 43.1 Å². The van der Waals surface area contributed by atoms with E-state index in [0.717, 1.165) is 10.0 Å². The van der Waals surface area contributed by atoms with E-state index in [2.05, 4.69) is 26.0 Å². The summed E-state index contributed by atoms with van der Waals surface area (Å²) in [5.41, 5.74) is 0.719. The second kappa shape index (κ2) is 22.5. The Morgan fingerprint density at radius 2 is 1.06 bits per heavy atom. The second-order valence-electron chi connectivity index (χ2n) is 15.3. The van der Waals surface area contributed by atoms with Crippen molar-refractivity contribution < 1.29 is 57.8 Å². The number of nitrogens with one attached hydrogen (secondary N) is 4. The Morgan fingerprint density at radius 1 is 0.662 bits per heavy atom. The molecule has 65 heavy (non-hydrogen) atoms. The topological polar surface area (TPSA) is 309 Å². The van der Waals surface area contributed by atoms with Gasteiger partial charge in [0, 0.05) is 37.1 Å². The number of amides is 8. The van der Waals surface area contributed by atoms with E-state index in [-0.39, 0.29) is 69.8 Å². The number of carbonyl (C=O) groups is 10. The van der Waals surface area contributed by atoms with Gasteiger partial charge in [-0.25, -0.2) is 10.0 Å². The lowest BCUT2D eigenvalue weighted by molar-refractivity contribution is -0.176. The fourth-order valence-electron chi connectivity index (χ4n) is 7.69. The summed E-state index contributed by atoms with van der Waals surface area (Å²) in [5.74, 6) is -6.12. The van der Waals surface area contributed by atoms with E-state index in [9.17, 15) is 53.2 Å². The van der Waals surface area contributed by atoms with Crippen LogP contribution in [0.25, 0.3) is 0 Å². The molecule has 0 saturated carbocycles. The highest BCUT2D eigenvalue weighted by Crippen LogP contribution is 2.27. The van der Waals surface area contributed by atoms with Gasteiger partial charge in [-0.15, -0.1) is 0 Å². The molecule has 2 aromatic carbocycles. The van der Waals surface area contributed by atoms with Gasteiger partial charge in [0.25, 0.3) is 23.6 Å². The monoisotopic (exact) mass is 896 g/mol. The van der Waals surface area contributed by atoms with Crippen LogP contribution < -0.4 is 21.3 Å². The van der Waals surface area contributed by atoms with Crippen LogP contribution in [0.5, 0.6) is 0 Å². The maximum Gasteiger partial charge on any atom is 0.308 e. The molecule has 6 atom stereocenters. The predicted molar refractivity (Wildman–Crippen MR) is 221 cm³/mol. The van der Waals surface area contributed by atoms with E-state index in [4.69, 9.17) is 10.4 Å². The van der Waals surface area contributed by atoms with Gasteiger partial charge in [0.05, 0.1) is 32.1 Å².